The van der Waals surface area contributed by atoms with E-state index in [2.05, 4.69) is 20.3 Å². The molecule has 0 unspecified atom stereocenters. The Hall–Kier alpha value is -4.53. The first-order chi connectivity index (χ1) is 26.9. The highest BCUT2D eigenvalue weighted by atomic mass is 16.8. The van der Waals surface area contributed by atoms with Crippen LogP contribution in [0.2, 0.25) is 0 Å². The number of imidazole rings is 1. The van der Waals surface area contributed by atoms with E-state index < -0.39 is 71.3 Å². The molecule has 0 radical (unpaired) electrons. The fourth-order valence-electron chi connectivity index (χ4n) is 6.71. The monoisotopic (exact) mass is 818 g/mol. The van der Waals surface area contributed by atoms with Gasteiger partial charge in [-0.3, -0.25) is 14.3 Å². The Morgan fingerprint density at radius 3 is 1.69 bits per heavy atom. The van der Waals surface area contributed by atoms with Crippen LogP contribution in [-0.2, 0) is 33.2 Å². The van der Waals surface area contributed by atoms with Gasteiger partial charge in [0.1, 0.15) is 40.9 Å². The smallest absolute Gasteiger partial charge is 0.410 e. The first-order valence-corrected chi connectivity index (χ1v) is 19.8. The number of aromatic nitrogens is 4. The molecule has 3 saturated heterocycles. The number of hydrogen-bond donors (Lipinski definition) is 2. The summed E-state index contributed by atoms with van der Waals surface area (Å²) >= 11 is 0. The highest BCUT2D eigenvalue weighted by Crippen LogP contribution is 2.44. The fourth-order valence-corrected chi connectivity index (χ4v) is 6.71. The molecule has 3 aliphatic heterocycles. The van der Waals surface area contributed by atoms with Crippen LogP contribution in [0.15, 0.2) is 12.7 Å². The molecule has 3 fully saturated rings. The zero-order valence-electron chi connectivity index (χ0n) is 35.8. The van der Waals surface area contributed by atoms with Crippen molar-refractivity contribution in [3.05, 3.63) is 12.7 Å². The van der Waals surface area contributed by atoms with Gasteiger partial charge in [-0.1, -0.05) is 0 Å². The number of anilines is 1. The van der Waals surface area contributed by atoms with E-state index in [0.717, 1.165) is 0 Å². The minimum Gasteiger partial charge on any atom is -0.444 e. The Kier molecular flexibility index (Phi) is 13.3. The molecular weight excluding hydrogens is 756 g/mol. The SMILES string of the molecule is CC(C)(C)OC(=O)N1CCN(CCNC(=O)[C@H]2O[C@@H](n3cnc4c(N)ncnc43)[C@@H]3OC(C)(C)O[C@@H]32)CCN(C(=O)OC(C)(C)C)CCN(C(=O)OC(C)(C)C)CC1. The predicted molar refractivity (Wildman–Crippen MR) is 210 cm³/mol. The van der Waals surface area contributed by atoms with Gasteiger partial charge in [0.2, 0.25) is 0 Å². The van der Waals surface area contributed by atoms with E-state index in [4.69, 9.17) is 34.2 Å². The molecule has 0 bridgehead atoms. The molecule has 5 rings (SSSR count). The van der Waals surface area contributed by atoms with Crippen molar-refractivity contribution in [3.63, 3.8) is 0 Å². The number of rotatable bonds is 5. The quantitative estimate of drug-likeness (QED) is 0.415. The van der Waals surface area contributed by atoms with Crippen LogP contribution in [0.1, 0.15) is 82.4 Å². The van der Waals surface area contributed by atoms with Crippen LogP contribution in [0.4, 0.5) is 20.2 Å². The summed E-state index contributed by atoms with van der Waals surface area (Å²) in [5.74, 6) is -1.17. The summed E-state index contributed by atoms with van der Waals surface area (Å²) in [7, 11) is 0. The lowest BCUT2D eigenvalue weighted by molar-refractivity contribution is -0.197. The van der Waals surface area contributed by atoms with Gasteiger partial charge in [0, 0.05) is 65.4 Å². The van der Waals surface area contributed by atoms with Gasteiger partial charge in [0.15, 0.2) is 29.6 Å². The molecule has 0 aliphatic carbocycles. The van der Waals surface area contributed by atoms with Crippen molar-refractivity contribution in [2.45, 2.75) is 123 Å². The Labute approximate surface area is 339 Å². The average Bonchev–Trinajstić information content (AvgIpc) is 3.74. The molecular formula is C38H62N10O10. The molecule has 5 heterocycles. The van der Waals surface area contributed by atoms with Crippen molar-refractivity contribution in [2.75, 3.05) is 71.2 Å². The van der Waals surface area contributed by atoms with Crippen LogP contribution < -0.4 is 11.1 Å². The molecule has 2 aromatic heterocycles. The maximum absolute atomic E-state index is 13.9. The summed E-state index contributed by atoms with van der Waals surface area (Å²) in [6.07, 6.45) is -1.96. The number of ether oxygens (including phenoxy) is 6. The third-order valence-electron chi connectivity index (χ3n) is 9.28. The highest BCUT2D eigenvalue weighted by Gasteiger charge is 2.58. The zero-order chi connectivity index (χ0) is 42.8. The lowest BCUT2D eigenvalue weighted by Gasteiger charge is -2.35. The molecule has 4 atom stereocenters. The van der Waals surface area contributed by atoms with E-state index >= 15 is 0 Å². The Morgan fingerprint density at radius 1 is 0.741 bits per heavy atom. The van der Waals surface area contributed by atoms with Crippen molar-refractivity contribution in [2.24, 2.45) is 0 Å². The lowest BCUT2D eigenvalue weighted by atomic mass is 10.1. The van der Waals surface area contributed by atoms with Gasteiger partial charge in [0.05, 0.1) is 6.33 Å². The summed E-state index contributed by atoms with van der Waals surface area (Å²) in [4.78, 5) is 73.5. The molecule has 58 heavy (non-hydrogen) atoms. The molecule has 20 heteroatoms. The van der Waals surface area contributed by atoms with Gasteiger partial charge < -0.3 is 54.2 Å². The number of nitrogens with zero attached hydrogens (tertiary/aromatic N) is 8. The molecule has 324 valence electrons. The number of amides is 4. The van der Waals surface area contributed by atoms with Crippen LogP contribution in [0.3, 0.4) is 0 Å². The Bertz CT molecular complexity index is 1740. The largest absolute Gasteiger partial charge is 0.444 e. The first kappa shape index (κ1) is 44.6. The average molecular weight is 819 g/mol. The van der Waals surface area contributed by atoms with Crippen LogP contribution in [0, 0.1) is 0 Å². The lowest BCUT2D eigenvalue weighted by Crippen LogP contribution is -2.52. The van der Waals surface area contributed by atoms with Gasteiger partial charge in [-0.25, -0.2) is 29.3 Å². The normalized spacial score (nSPS) is 23.8. The second-order valence-corrected chi connectivity index (χ2v) is 18.1. The van der Waals surface area contributed by atoms with E-state index in [0.29, 0.717) is 30.8 Å². The van der Waals surface area contributed by atoms with Crippen molar-refractivity contribution in [3.8, 4) is 0 Å². The Morgan fingerprint density at radius 2 is 1.21 bits per heavy atom. The zero-order valence-corrected chi connectivity index (χ0v) is 35.8. The summed E-state index contributed by atoms with van der Waals surface area (Å²) < 4.78 is 37.6. The van der Waals surface area contributed by atoms with Crippen LogP contribution in [0.5, 0.6) is 0 Å². The summed E-state index contributed by atoms with van der Waals surface area (Å²) in [6, 6.07) is 0. The minimum absolute atomic E-state index is 0.134. The molecule has 0 aromatic carbocycles. The molecule has 20 nitrogen and oxygen atoms in total. The maximum Gasteiger partial charge on any atom is 0.410 e. The number of fused-ring (bicyclic) bond motifs is 2. The fraction of sp³-hybridized carbons (Fsp3) is 0.763. The van der Waals surface area contributed by atoms with Crippen LogP contribution >= 0.6 is 0 Å². The second kappa shape index (κ2) is 17.4. The summed E-state index contributed by atoms with van der Waals surface area (Å²) in [6.45, 7) is 21.9. The molecule has 3 N–H and O–H groups in total. The van der Waals surface area contributed by atoms with E-state index in [1.807, 2.05) is 4.90 Å². The standard InChI is InChI=1S/C38H62N10O10/c1-35(2,3)56-32(50)45-16-14-44(15-17-46(33(51)57-36(4,5)6)19-21-47(20-18-45)34(52)58-37(7,8)9)13-12-40-30(49)26-25-27(55-38(10,11)54-25)31(53-26)48-23-43-24-28(39)41-22-42-29(24)48/h22-23,25-27,31H,12-21H2,1-11H3,(H,40,49)(H2,39,41,42)/t25-,26+,27-,31-/m1/s1. The van der Waals surface area contributed by atoms with Crippen molar-refractivity contribution in [1.29, 1.82) is 0 Å². The number of carbonyl (C=O) groups is 4. The Balaban J connectivity index is 1.31. The van der Waals surface area contributed by atoms with Crippen LogP contribution in [-0.4, -0.2) is 170 Å². The number of nitrogen functional groups attached to an aromatic ring is 1. The van der Waals surface area contributed by atoms with Gasteiger partial charge in [-0.2, -0.15) is 0 Å². The second-order valence-electron chi connectivity index (χ2n) is 18.1. The van der Waals surface area contributed by atoms with E-state index in [9.17, 15) is 19.2 Å². The minimum atomic E-state index is -1.03. The summed E-state index contributed by atoms with van der Waals surface area (Å²) in [5, 5.41) is 3.00. The molecule has 0 saturated carbocycles. The maximum atomic E-state index is 13.9. The third kappa shape index (κ3) is 11.8. The van der Waals surface area contributed by atoms with Gasteiger partial charge in [-0.05, 0) is 76.2 Å². The van der Waals surface area contributed by atoms with E-state index in [1.54, 1.807) is 90.5 Å². The van der Waals surface area contributed by atoms with Crippen LogP contribution in [0.25, 0.3) is 11.2 Å². The van der Waals surface area contributed by atoms with Gasteiger partial charge in [0.25, 0.3) is 5.91 Å². The number of carbonyl (C=O) groups excluding carboxylic acids is 4. The molecule has 2 aromatic rings. The topological polar surface area (TPSA) is 218 Å². The van der Waals surface area contributed by atoms with E-state index in [1.165, 1.54) is 17.6 Å². The summed E-state index contributed by atoms with van der Waals surface area (Å²) in [5.41, 5.74) is 4.60. The molecule has 3 aliphatic rings. The molecule has 4 amide bonds. The molecule has 0 spiro atoms. The van der Waals surface area contributed by atoms with Crippen molar-refractivity contribution in [1.82, 2.24) is 44.4 Å². The van der Waals surface area contributed by atoms with Gasteiger partial charge >= 0.3 is 18.3 Å². The van der Waals surface area contributed by atoms with Crippen molar-refractivity contribution < 1.29 is 47.6 Å². The van der Waals surface area contributed by atoms with Gasteiger partial charge in [-0.15, -0.1) is 0 Å². The van der Waals surface area contributed by atoms with E-state index in [-0.39, 0.29) is 51.6 Å². The van der Waals surface area contributed by atoms with Crippen molar-refractivity contribution >= 4 is 41.2 Å². The number of nitrogens with one attached hydrogen (secondary N) is 1. The first-order valence-electron chi connectivity index (χ1n) is 19.8. The number of hydrogen-bond acceptors (Lipinski definition) is 15. The number of nitrogens with two attached hydrogens (primary N) is 1. The predicted octanol–water partition coefficient (Wildman–Crippen LogP) is 2.97. The third-order valence-corrected chi connectivity index (χ3v) is 9.28. The highest BCUT2D eigenvalue weighted by molar-refractivity contribution is 5.83.